The normalized spacial score (nSPS) is 15.8. The van der Waals surface area contributed by atoms with Crippen LogP contribution >= 0.6 is 0 Å². The molecule has 0 aliphatic carbocycles. The molecule has 0 saturated carbocycles. The molecule has 18 heavy (non-hydrogen) atoms. The van der Waals surface area contributed by atoms with Gasteiger partial charge >= 0.3 is 0 Å². The molecule has 4 heteroatoms. The lowest BCUT2D eigenvalue weighted by Crippen LogP contribution is -2.48. The molecule has 0 N–H and O–H groups in total. The summed E-state index contributed by atoms with van der Waals surface area (Å²) in [6, 6.07) is 9.44. The molecule has 1 aromatic heterocycles. The second kappa shape index (κ2) is 4.05. The molecule has 2 heterocycles. The first kappa shape index (κ1) is 11.1. The van der Waals surface area contributed by atoms with Crippen LogP contribution < -0.4 is 4.90 Å². The number of aromatic nitrogens is 1. The minimum Gasteiger partial charge on any atom is -0.365 e. The van der Waals surface area contributed by atoms with Gasteiger partial charge in [0.2, 0.25) is 0 Å². The predicted octanol–water partition coefficient (Wildman–Crippen LogP) is 2.60. The van der Waals surface area contributed by atoms with Crippen molar-refractivity contribution in [1.29, 1.82) is 0 Å². The quantitative estimate of drug-likeness (QED) is 0.761. The minimum atomic E-state index is -0.725. The van der Waals surface area contributed by atoms with Crippen molar-refractivity contribution in [1.82, 2.24) is 4.98 Å². The highest BCUT2D eigenvalue weighted by Gasteiger charge is 2.26. The van der Waals surface area contributed by atoms with Crippen LogP contribution in [0, 0.1) is 0 Å². The van der Waals surface area contributed by atoms with Crippen LogP contribution in [0.25, 0.3) is 10.9 Å². The molecule has 0 radical (unpaired) electrons. The second-order valence-corrected chi connectivity index (χ2v) is 4.63. The first-order valence-electron chi connectivity index (χ1n) is 5.94. The summed E-state index contributed by atoms with van der Waals surface area (Å²) in [5, 5.41) is 0.987. The predicted molar refractivity (Wildman–Crippen MR) is 68.9 cm³/mol. The zero-order chi connectivity index (χ0) is 12.7. The van der Waals surface area contributed by atoms with Gasteiger partial charge in [-0.2, -0.15) is 0 Å². The molecular weight excluding hydrogens is 231 g/mol. The Morgan fingerprint density at radius 2 is 2.06 bits per heavy atom. The number of pyridine rings is 1. The first-order chi connectivity index (χ1) is 8.63. The lowest BCUT2D eigenvalue weighted by molar-refractivity contribution is 0.101. The fraction of sp³-hybridized carbons (Fsp3) is 0.286. The second-order valence-electron chi connectivity index (χ2n) is 4.63. The van der Waals surface area contributed by atoms with Crippen molar-refractivity contribution in [3.63, 3.8) is 0 Å². The number of Topliss-reactive ketones (excluding diaryl/α,β-unsaturated/α-hetero) is 1. The molecule has 0 unspecified atom stereocenters. The van der Waals surface area contributed by atoms with E-state index in [9.17, 15) is 9.18 Å². The van der Waals surface area contributed by atoms with Crippen LogP contribution in [-0.4, -0.2) is 30.0 Å². The smallest absolute Gasteiger partial charge is 0.178 e. The van der Waals surface area contributed by atoms with Crippen molar-refractivity contribution in [2.45, 2.75) is 13.1 Å². The van der Waals surface area contributed by atoms with E-state index < -0.39 is 6.17 Å². The molecule has 1 aliphatic heterocycles. The third-order valence-electron chi connectivity index (χ3n) is 3.24. The summed E-state index contributed by atoms with van der Waals surface area (Å²) in [6.07, 6.45) is -0.725. The summed E-state index contributed by atoms with van der Waals surface area (Å²) in [5.74, 6) is -0.0462. The van der Waals surface area contributed by atoms with Gasteiger partial charge in [0.05, 0.1) is 18.6 Å². The number of anilines is 1. The maximum Gasteiger partial charge on any atom is 0.178 e. The number of hydrogen-bond acceptors (Lipinski definition) is 3. The fourth-order valence-electron chi connectivity index (χ4n) is 2.13. The number of alkyl halides is 1. The van der Waals surface area contributed by atoms with Gasteiger partial charge in [-0.3, -0.25) is 4.79 Å². The van der Waals surface area contributed by atoms with Gasteiger partial charge in [-0.05, 0) is 18.2 Å². The number of fused-ring (bicyclic) bond motifs is 1. The third-order valence-corrected chi connectivity index (χ3v) is 3.24. The van der Waals surface area contributed by atoms with E-state index in [2.05, 4.69) is 4.98 Å². The topological polar surface area (TPSA) is 33.2 Å². The molecule has 0 spiro atoms. The molecule has 0 amide bonds. The van der Waals surface area contributed by atoms with Crippen molar-refractivity contribution < 1.29 is 9.18 Å². The molecule has 92 valence electrons. The average molecular weight is 244 g/mol. The van der Waals surface area contributed by atoms with Crippen LogP contribution in [-0.2, 0) is 0 Å². The summed E-state index contributed by atoms with van der Waals surface area (Å²) < 4.78 is 12.8. The Bertz CT molecular complexity index is 620. The highest BCUT2D eigenvalue weighted by Crippen LogP contribution is 2.26. The van der Waals surface area contributed by atoms with E-state index >= 15 is 0 Å². The monoisotopic (exact) mass is 244 g/mol. The van der Waals surface area contributed by atoms with E-state index in [1.165, 1.54) is 6.92 Å². The van der Waals surface area contributed by atoms with E-state index in [1.54, 1.807) is 6.07 Å². The van der Waals surface area contributed by atoms with E-state index in [0.717, 1.165) is 16.6 Å². The number of rotatable bonds is 2. The van der Waals surface area contributed by atoms with E-state index in [1.807, 2.05) is 29.2 Å². The van der Waals surface area contributed by atoms with E-state index in [4.69, 9.17) is 0 Å². The van der Waals surface area contributed by atoms with Gasteiger partial charge in [-0.1, -0.05) is 12.1 Å². The SMILES string of the molecule is CC(=O)c1ccc2ccc(N3CC(F)C3)cc2n1. The molecule has 2 aromatic rings. The Morgan fingerprint density at radius 1 is 1.33 bits per heavy atom. The Kier molecular flexibility index (Phi) is 2.51. The van der Waals surface area contributed by atoms with Crippen molar-refractivity contribution in [2.75, 3.05) is 18.0 Å². The van der Waals surface area contributed by atoms with E-state index in [0.29, 0.717) is 18.8 Å². The number of hydrogen-bond donors (Lipinski definition) is 0. The largest absolute Gasteiger partial charge is 0.365 e. The third kappa shape index (κ3) is 1.83. The lowest BCUT2D eigenvalue weighted by atomic mass is 10.1. The molecule has 0 atom stereocenters. The summed E-state index contributed by atoms with van der Waals surface area (Å²) in [5.41, 5.74) is 2.21. The van der Waals surface area contributed by atoms with Crippen molar-refractivity contribution in [3.05, 3.63) is 36.0 Å². The average Bonchev–Trinajstić information content (AvgIpc) is 2.33. The Morgan fingerprint density at radius 3 is 2.72 bits per heavy atom. The maximum absolute atomic E-state index is 12.8. The number of benzene rings is 1. The van der Waals surface area contributed by atoms with Crippen molar-refractivity contribution in [2.24, 2.45) is 0 Å². The number of nitrogens with zero attached hydrogens (tertiary/aromatic N) is 2. The fourth-order valence-corrected chi connectivity index (χ4v) is 2.13. The summed E-state index contributed by atoms with van der Waals surface area (Å²) in [7, 11) is 0. The summed E-state index contributed by atoms with van der Waals surface area (Å²) >= 11 is 0. The summed E-state index contributed by atoms with van der Waals surface area (Å²) in [6.45, 7) is 2.39. The van der Waals surface area contributed by atoms with Crippen LogP contribution in [0.4, 0.5) is 10.1 Å². The van der Waals surface area contributed by atoms with Gasteiger partial charge in [-0.15, -0.1) is 0 Å². The zero-order valence-corrected chi connectivity index (χ0v) is 10.1. The van der Waals surface area contributed by atoms with Gasteiger partial charge in [-0.25, -0.2) is 9.37 Å². The lowest BCUT2D eigenvalue weighted by Gasteiger charge is -2.36. The number of carbonyl (C=O) groups excluding carboxylic acids is 1. The molecule has 1 saturated heterocycles. The highest BCUT2D eigenvalue weighted by atomic mass is 19.1. The van der Waals surface area contributed by atoms with Gasteiger partial charge in [0.25, 0.3) is 0 Å². The number of ketones is 1. The standard InChI is InChI=1S/C14H13FN2O/c1-9(18)13-5-3-10-2-4-12(6-14(10)16-13)17-7-11(15)8-17/h2-6,11H,7-8H2,1H3. The molecule has 3 nitrogen and oxygen atoms in total. The number of carbonyl (C=O) groups is 1. The van der Waals surface area contributed by atoms with Crippen LogP contribution in [0.5, 0.6) is 0 Å². The molecular formula is C14H13FN2O. The Labute approximate surface area is 104 Å². The molecule has 1 fully saturated rings. The van der Waals surface area contributed by atoms with Gasteiger partial charge in [0.1, 0.15) is 11.9 Å². The minimum absolute atomic E-state index is 0.0462. The molecule has 0 bridgehead atoms. The first-order valence-corrected chi connectivity index (χ1v) is 5.94. The highest BCUT2D eigenvalue weighted by molar-refractivity contribution is 5.95. The van der Waals surface area contributed by atoms with Crippen molar-refractivity contribution in [3.8, 4) is 0 Å². The Balaban J connectivity index is 2.01. The molecule has 1 aliphatic rings. The van der Waals surface area contributed by atoms with Gasteiger partial charge < -0.3 is 4.90 Å². The molecule has 3 rings (SSSR count). The van der Waals surface area contributed by atoms with Gasteiger partial charge in [0, 0.05) is 18.0 Å². The maximum atomic E-state index is 12.8. The van der Waals surface area contributed by atoms with Crippen LogP contribution in [0.15, 0.2) is 30.3 Å². The summed E-state index contributed by atoms with van der Waals surface area (Å²) in [4.78, 5) is 17.6. The van der Waals surface area contributed by atoms with Gasteiger partial charge in [0.15, 0.2) is 5.78 Å². The Hall–Kier alpha value is -1.97. The zero-order valence-electron chi connectivity index (χ0n) is 10.1. The number of halogens is 1. The van der Waals surface area contributed by atoms with E-state index in [-0.39, 0.29) is 5.78 Å². The van der Waals surface area contributed by atoms with Crippen LogP contribution in [0.1, 0.15) is 17.4 Å². The van der Waals surface area contributed by atoms with Crippen molar-refractivity contribution >= 4 is 22.4 Å². The van der Waals surface area contributed by atoms with Crippen LogP contribution in [0.3, 0.4) is 0 Å². The molecule has 1 aromatic carbocycles. The van der Waals surface area contributed by atoms with Crippen LogP contribution in [0.2, 0.25) is 0 Å².